The van der Waals surface area contributed by atoms with Crippen LogP contribution in [-0.2, 0) is 4.74 Å². The molecule has 0 aliphatic rings. The van der Waals surface area contributed by atoms with E-state index >= 15 is 0 Å². The molecule has 0 amide bonds. The average Bonchev–Trinajstić information content (AvgIpc) is 2.23. The van der Waals surface area contributed by atoms with Gasteiger partial charge in [-0.2, -0.15) is 0 Å². The summed E-state index contributed by atoms with van der Waals surface area (Å²) < 4.78 is 5.42. The van der Waals surface area contributed by atoms with Crippen LogP contribution in [0.4, 0.5) is 5.69 Å². The lowest BCUT2D eigenvalue weighted by Crippen LogP contribution is -2.31. The third-order valence-corrected chi connectivity index (χ3v) is 3.34. The van der Waals surface area contributed by atoms with Crippen LogP contribution in [0.25, 0.3) is 0 Å². The summed E-state index contributed by atoms with van der Waals surface area (Å²) >= 11 is 6.09. The Hall–Kier alpha value is -0.730. The van der Waals surface area contributed by atoms with Gasteiger partial charge < -0.3 is 10.1 Å². The molecule has 0 aliphatic carbocycles. The first-order valence-corrected chi connectivity index (χ1v) is 6.30. The first kappa shape index (κ1) is 14.3. The Labute approximate surface area is 109 Å². The lowest BCUT2D eigenvalue weighted by atomic mass is 9.99. The fourth-order valence-electron chi connectivity index (χ4n) is 1.84. The minimum atomic E-state index is -0.110. The average molecular weight is 256 g/mol. The highest BCUT2D eigenvalue weighted by atomic mass is 35.5. The van der Waals surface area contributed by atoms with Crippen LogP contribution in [0, 0.1) is 6.92 Å². The van der Waals surface area contributed by atoms with Gasteiger partial charge in [-0.1, -0.05) is 17.7 Å². The van der Waals surface area contributed by atoms with Crippen molar-refractivity contribution in [2.45, 2.75) is 45.8 Å². The van der Waals surface area contributed by atoms with Gasteiger partial charge in [-0.3, -0.25) is 0 Å². The third-order valence-electron chi connectivity index (χ3n) is 2.94. The minimum Gasteiger partial charge on any atom is -0.382 e. The van der Waals surface area contributed by atoms with Gasteiger partial charge in [0.1, 0.15) is 0 Å². The van der Waals surface area contributed by atoms with Crippen LogP contribution >= 0.6 is 11.6 Å². The summed E-state index contributed by atoms with van der Waals surface area (Å²) in [5.41, 5.74) is 2.04. The summed E-state index contributed by atoms with van der Waals surface area (Å²) in [6.45, 7) is 8.33. The molecular formula is C14H22ClNO. The summed E-state index contributed by atoms with van der Waals surface area (Å²) in [7, 11) is 1.75. The predicted molar refractivity (Wildman–Crippen MR) is 75.0 cm³/mol. The molecule has 1 unspecified atom stereocenters. The molecule has 1 rings (SSSR count). The minimum absolute atomic E-state index is 0.110. The van der Waals surface area contributed by atoms with E-state index in [2.05, 4.69) is 32.2 Å². The number of aryl methyl sites for hydroxylation is 1. The molecule has 0 spiro atoms. The van der Waals surface area contributed by atoms with Crippen LogP contribution in [0.2, 0.25) is 5.02 Å². The Kier molecular flexibility index (Phi) is 4.84. The van der Waals surface area contributed by atoms with Crippen molar-refractivity contribution in [3.05, 3.63) is 28.8 Å². The van der Waals surface area contributed by atoms with E-state index in [-0.39, 0.29) is 5.60 Å². The van der Waals surface area contributed by atoms with Crippen LogP contribution in [-0.4, -0.2) is 18.8 Å². The standard InChI is InChI=1S/C14H22ClNO/c1-10-6-7-12(8-13(10)15)16-11(2)9-14(3,4)17-5/h6-8,11,16H,9H2,1-5H3. The lowest BCUT2D eigenvalue weighted by molar-refractivity contribution is 0.0128. The molecular weight excluding hydrogens is 234 g/mol. The molecule has 0 radical (unpaired) electrons. The predicted octanol–water partition coefficient (Wildman–Crippen LogP) is 4.26. The van der Waals surface area contributed by atoms with E-state index in [1.165, 1.54) is 0 Å². The van der Waals surface area contributed by atoms with E-state index in [1.54, 1.807) is 7.11 Å². The second-order valence-corrected chi connectivity index (χ2v) is 5.58. The number of nitrogens with one attached hydrogen (secondary N) is 1. The quantitative estimate of drug-likeness (QED) is 0.849. The van der Waals surface area contributed by atoms with Crippen molar-refractivity contribution >= 4 is 17.3 Å². The lowest BCUT2D eigenvalue weighted by Gasteiger charge is -2.27. The van der Waals surface area contributed by atoms with Gasteiger partial charge in [0.05, 0.1) is 5.60 Å². The van der Waals surface area contributed by atoms with Crippen molar-refractivity contribution in [2.75, 3.05) is 12.4 Å². The number of methoxy groups -OCH3 is 1. The molecule has 0 saturated carbocycles. The molecule has 0 aliphatic heterocycles. The second-order valence-electron chi connectivity index (χ2n) is 5.18. The van der Waals surface area contributed by atoms with E-state index in [9.17, 15) is 0 Å². The highest BCUT2D eigenvalue weighted by Gasteiger charge is 2.20. The molecule has 2 nitrogen and oxygen atoms in total. The number of hydrogen-bond donors (Lipinski definition) is 1. The second kappa shape index (κ2) is 5.74. The van der Waals surface area contributed by atoms with Crippen molar-refractivity contribution in [3.8, 4) is 0 Å². The fourth-order valence-corrected chi connectivity index (χ4v) is 2.02. The van der Waals surface area contributed by atoms with Crippen LogP contribution < -0.4 is 5.32 Å². The van der Waals surface area contributed by atoms with E-state index in [1.807, 2.05) is 19.1 Å². The molecule has 0 aromatic heterocycles. The Bertz CT molecular complexity index is 376. The monoisotopic (exact) mass is 255 g/mol. The van der Waals surface area contributed by atoms with Crippen molar-refractivity contribution in [3.63, 3.8) is 0 Å². The molecule has 0 heterocycles. The maximum atomic E-state index is 6.09. The summed E-state index contributed by atoms with van der Waals surface area (Å²) in [5, 5.41) is 4.24. The van der Waals surface area contributed by atoms with Crippen molar-refractivity contribution in [1.82, 2.24) is 0 Å². The summed E-state index contributed by atoms with van der Waals surface area (Å²) in [6.07, 6.45) is 0.939. The highest BCUT2D eigenvalue weighted by Crippen LogP contribution is 2.22. The molecule has 17 heavy (non-hydrogen) atoms. The van der Waals surface area contributed by atoms with Gasteiger partial charge in [0.25, 0.3) is 0 Å². The Morgan fingerprint density at radius 2 is 2.06 bits per heavy atom. The molecule has 1 atom stereocenters. The van der Waals surface area contributed by atoms with E-state index in [0.717, 1.165) is 22.7 Å². The first-order valence-electron chi connectivity index (χ1n) is 5.92. The Balaban J connectivity index is 2.62. The molecule has 96 valence electrons. The van der Waals surface area contributed by atoms with Gasteiger partial charge in [0.2, 0.25) is 0 Å². The van der Waals surface area contributed by atoms with E-state index in [0.29, 0.717) is 6.04 Å². The number of anilines is 1. The van der Waals surface area contributed by atoms with Gasteiger partial charge in [0.15, 0.2) is 0 Å². The maximum absolute atomic E-state index is 6.09. The molecule has 0 bridgehead atoms. The molecule has 1 N–H and O–H groups in total. The number of rotatable bonds is 5. The molecule has 1 aromatic rings. The summed E-state index contributed by atoms with van der Waals surface area (Å²) in [5.74, 6) is 0. The number of ether oxygens (including phenoxy) is 1. The SMILES string of the molecule is COC(C)(C)CC(C)Nc1ccc(C)c(Cl)c1. The third kappa shape index (κ3) is 4.57. The Morgan fingerprint density at radius 3 is 2.59 bits per heavy atom. The van der Waals surface area contributed by atoms with Crippen molar-refractivity contribution < 1.29 is 4.74 Å². The van der Waals surface area contributed by atoms with Crippen molar-refractivity contribution in [2.24, 2.45) is 0 Å². The van der Waals surface area contributed by atoms with Gasteiger partial charge in [-0.25, -0.2) is 0 Å². The first-order chi connectivity index (χ1) is 7.84. The smallest absolute Gasteiger partial charge is 0.0642 e. The molecule has 3 heteroatoms. The van der Waals surface area contributed by atoms with Gasteiger partial charge in [0, 0.05) is 23.9 Å². The number of benzene rings is 1. The van der Waals surface area contributed by atoms with Crippen molar-refractivity contribution in [1.29, 1.82) is 0 Å². The maximum Gasteiger partial charge on any atom is 0.0642 e. The Morgan fingerprint density at radius 1 is 1.41 bits per heavy atom. The van der Waals surface area contributed by atoms with Gasteiger partial charge >= 0.3 is 0 Å². The molecule has 0 fully saturated rings. The summed E-state index contributed by atoms with van der Waals surface area (Å²) in [4.78, 5) is 0. The number of halogens is 1. The van der Waals surface area contributed by atoms with E-state index < -0.39 is 0 Å². The normalized spacial score (nSPS) is 13.5. The largest absolute Gasteiger partial charge is 0.382 e. The topological polar surface area (TPSA) is 21.3 Å². The zero-order valence-electron chi connectivity index (χ0n) is 11.3. The fraction of sp³-hybridized carbons (Fsp3) is 0.571. The zero-order valence-corrected chi connectivity index (χ0v) is 12.1. The molecule has 1 aromatic carbocycles. The zero-order chi connectivity index (χ0) is 13.1. The van der Waals surface area contributed by atoms with Crippen LogP contribution in [0.5, 0.6) is 0 Å². The van der Waals surface area contributed by atoms with Gasteiger partial charge in [-0.15, -0.1) is 0 Å². The van der Waals surface area contributed by atoms with Crippen LogP contribution in [0.3, 0.4) is 0 Å². The van der Waals surface area contributed by atoms with Gasteiger partial charge in [-0.05, 0) is 51.8 Å². The summed E-state index contributed by atoms with van der Waals surface area (Å²) in [6, 6.07) is 6.38. The molecule has 0 saturated heterocycles. The highest BCUT2D eigenvalue weighted by molar-refractivity contribution is 6.31. The van der Waals surface area contributed by atoms with Crippen LogP contribution in [0.1, 0.15) is 32.8 Å². The van der Waals surface area contributed by atoms with Crippen LogP contribution in [0.15, 0.2) is 18.2 Å². The van der Waals surface area contributed by atoms with E-state index in [4.69, 9.17) is 16.3 Å². The number of hydrogen-bond acceptors (Lipinski definition) is 2.